The number of aryl methyl sites for hydroxylation is 1. The Kier molecular flexibility index (Phi) is 5.48. The zero-order valence-electron chi connectivity index (χ0n) is 16.2. The van der Waals surface area contributed by atoms with Gasteiger partial charge in [0.05, 0.1) is 17.8 Å². The second-order valence-corrected chi connectivity index (χ2v) is 8.58. The molecule has 154 valence electrons. The predicted octanol–water partition coefficient (Wildman–Crippen LogP) is 1.21. The number of carbonyl (C=O) groups is 2. The lowest BCUT2D eigenvalue weighted by atomic mass is 9.96. The Morgan fingerprint density at radius 1 is 1.10 bits per heavy atom. The van der Waals surface area contributed by atoms with Crippen molar-refractivity contribution in [2.45, 2.75) is 11.0 Å². The average molecular weight is 424 g/mol. The molecule has 0 bridgehead atoms. The number of amides is 2. The van der Waals surface area contributed by atoms with Crippen molar-refractivity contribution in [3.05, 3.63) is 65.9 Å². The zero-order chi connectivity index (χ0) is 21.4. The number of imide groups is 1. The first-order chi connectivity index (χ1) is 14.4. The summed E-state index contributed by atoms with van der Waals surface area (Å²) in [6.45, 7) is -0.487. The number of carbonyl (C=O) groups excluding carboxylic acids is 2. The van der Waals surface area contributed by atoms with Gasteiger partial charge in [0.2, 0.25) is 0 Å². The molecule has 2 amide bonds. The molecule has 2 heterocycles. The minimum absolute atomic E-state index is 0.125. The summed E-state index contributed by atoms with van der Waals surface area (Å²) in [5.74, 6) is -1.12. The third kappa shape index (κ3) is 3.54. The fourth-order valence-corrected chi connectivity index (χ4v) is 4.78. The van der Waals surface area contributed by atoms with Gasteiger partial charge in [0.25, 0.3) is 11.8 Å². The first-order valence-corrected chi connectivity index (χ1v) is 10.6. The smallest absolute Gasteiger partial charge is 0.259 e. The molecule has 1 aliphatic heterocycles. The predicted molar refractivity (Wildman–Crippen MR) is 114 cm³/mol. The second kappa shape index (κ2) is 8.08. The molecule has 4 rings (SSSR count). The summed E-state index contributed by atoms with van der Waals surface area (Å²) < 4.78 is 14.4. The van der Waals surface area contributed by atoms with E-state index in [1.807, 2.05) is 42.1 Å². The highest BCUT2D eigenvalue weighted by atomic mass is 32.2. The normalized spacial score (nSPS) is 16.3. The quantitative estimate of drug-likeness (QED) is 0.406. The molecule has 7 nitrogen and oxygen atoms in total. The molecule has 0 aliphatic carbocycles. The Bertz CT molecular complexity index is 1180. The van der Waals surface area contributed by atoms with E-state index in [0.29, 0.717) is 16.0 Å². The Hall–Kier alpha value is -2.91. The molecule has 1 aromatic heterocycles. The van der Waals surface area contributed by atoms with Crippen molar-refractivity contribution in [1.29, 1.82) is 0 Å². The minimum Gasteiger partial charge on any atom is -0.611 e. The lowest BCUT2D eigenvalue weighted by Crippen LogP contribution is -2.24. The van der Waals surface area contributed by atoms with E-state index < -0.39 is 35.7 Å². The number of fused-ring (bicyclic) bond motifs is 1. The van der Waals surface area contributed by atoms with Crippen molar-refractivity contribution in [3.63, 3.8) is 0 Å². The maximum atomic E-state index is 12.7. The summed E-state index contributed by atoms with van der Waals surface area (Å²) in [6, 6.07) is 14.1. The van der Waals surface area contributed by atoms with E-state index in [4.69, 9.17) is 5.11 Å². The minimum atomic E-state index is -1.57. The van der Waals surface area contributed by atoms with Crippen LogP contribution in [0.5, 0.6) is 0 Å². The zero-order valence-corrected chi connectivity index (χ0v) is 17.0. The molecule has 1 unspecified atom stereocenters. The fourth-order valence-electron chi connectivity index (χ4n) is 3.65. The van der Waals surface area contributed by atoms with Crippen LogP contribution in [0.4, 0.5) is 0 Å². The molecule has 1 aliphatic rings. The van der Waals surface area contributed by atoms with Crippen LogP contribution in [0.3, 0.4) is 0 Å². The molecule has 0 saturated carbocycles. The number of nitrogens with zero attached hydrogens (tertiary/aromatic N) is 1. The van der Waals surface area contributed by atoms with Gasteiger partial charge >= 0.3 is 0 Å². The SMILES string of the molecule is Cn1cc(C2=C(c3cccc([S+]([O-])C[C@H](O)CO)c3)C(=O)NC2=O)c2ccccc21. The molecule has 2 aromatic carbocycles. The van der Waals surface area contributed by atoms with Crippen LogP contribution in [0, 0.1) is 0 Å². The van der Waals surface area contributed by atoms with Gasteiger partial charge in [-0.05, 0) is 28.9 Å². The van der Waals surface area contributed by atoms with Gasteiger partial charge in [-0.15, -0.1) is 0 Å². The Labute approximate surface area is 175 Å². The van der Waals surface area contributed by atoms with Crippen LogP contribution in [-0.4, -0.2) is 49.6 Å². The van der Waals surface area contributed by atoms with Crippen LogP contribution in [0.1, 0.15) is 11.1 Å². The molecule has 8 heteroatoms. The molecule has 0 spiro atoms. The summed E-state index contributed by atoms with van der Waals surface area (Å²) in [6.07, 6.45) is 0.717. The molecule has 3 N–H and O–H groups in total. The molecule has 30 heavy (non-hydrogen) atoms. The van der Waals surface area contributed by atoms with E-state index in [1.165, 1.54) is 0 Å². The van der Waals surface area contributed by atoms with Gasteiger partial charge in [-0.3, -0.25) is 14.9 Å². The number of aliphatic hydroxyl groups excluding tert-OH is 2. The Morgan fingerprint density at radius 2 is 1.83 bits per heavy atom. The first kappa shape index (κ1) is 20.4. The number of nitrogens with one attached hydrogen (secondary N) is 1. The van der Waals surface area contributed by atoms with Crippen molar-refractivity contribution >= 4 is 45.0 Å². The molecular formula is C22H20N2O5S. The van der Waals surface area contributed by atoms with Crippen molar-refractivity contribution in [1.82, 2.24) is 9.88 Å². The van der Waals surface area contributed by atoms with Crippen LogP contribution in [0.2, 0.25) is 0 Å². The number of benzene rings is 2. The molecule has 2 atom stereocenters. The average Bonchev–Trinajstić information content (AvgIpc) is 3.23. The van der Waals surface area contributed by atoms with Crippen LogP contribution in [0.15, 0.2) is 59.6 Å². The van der Waals surface area contributed by atoms with Gasteiger partial charge in [-0.1, -0.05) is 30.3 Å². The van der Waals surface area contributed by atoms with Gasteiger partial charge < -0.3 is 19.3 Å². The first-order valence-electron chi connectivity index (χ1n) is 9.33. The van der Waals surface area contributed by atoms with E-state index >= 15 is 0 Å². The molecule has 0 saturated heterocycles. The monoisotopic (exact) mass is 424 g/mol. The summed E-state index contributed by atoms with van der Waals surface area (Å²) in [7, 11) is 1.87. The van der Waals surface area contributed by atoms with Gasteiger partial charge in [-0.2, -0.15) is 0 Å². The van der Waals surface area contributed by atoms with Crippen LogP contribution in [0.25, 0.3) is 22.0 Å². The molecule has 0 radical (unpaired) electrons. The second-order valence-electron chi connectivity index (χ2n) is 7.08. The molecule has 3 aromatic rings. The van der Waals surface area contributed by atoms with Gasteiger partial charge in [0.1, 0.15) is 11.9 Å². The Morgan fingerprint density at radius 3 is 2.60 bits per heavy atom. The topological polar surface area (TPSA) is 115 Å². The van der Waals surface area contributed by atoms with Crippen LogP contribution >= 0.6 is 0 Å². The third-order valence-corrected chi connectivity index (χ3v) is 6.50. The highest BCUT2D eigenvalue weighted by Crippen LogP contribution is 2.36. The highest BCUT2D eigenvalue weighted by Gasteiger charge is 2.34. The van der Waals surface area contributed by atoms with Gasteiger partial charge in [0, 0.05) is 35.8 Å². The van der Waals surface area contributed by atoms with E-state index in [2.05, 4.69) is 5.32 Å². The number of aromatic nitrogens is 1. The van der Waals surface area contributed by atoms with E-state index in [9.17, 15) is 19.2 Å². The van der Waals surface area contributed by atoms with Crippen molar-refractivity contribution in [3.8, 4) is 0 Å². The van der Waals surface area contributed by atoms with Crippen LogP contribution in [-0.2, 0) is 27.8 Å². The van der Waals surface area contributed by atoms with E-state index in [1.54, 1.807) is 24.3 Å². The Balaban J connectivity index is 1.85. The number of para-hydroxylation sites is 1. The molecular weight excluding hydrogens is 404 g/mol. The summed E-state index contributed by atoms with van der Waals surface area (Å²) in [5, 5.41) is 21.8. The van der Waals surface area contributed by atoms with Gasteiger partial charge in [-0.25, -0.2) is 0 Å². The number of hydrogen-bond acceptors (Lipinski definition) is 5. The lowest BCUT2D eigenvalue weighted by Gasteiger charge is -2.14. The number of aliphatic hydroxyl groups is 2. The highest BCUT2D eigenvalue weighted by molar-refractivity contribution is 7.91. The third-order valence-electron chi connectivity index (χ3n) is 5.04. The fraction of sp³-hybridized carbons (Fsp3) is 0.182. The maximum Gasteiger partial charge on any atom is 0.259 e. The maximum absolute atomic E-state index is 12.7. The molecule has 0 fully saturated rings. The van der Waals surface area contributed by atoms with Gasteiger partial charge in [0.15, 0.2) is 4.90 Å². The van der Waals surface area contributed by atoms with Crippen LogP contribution < -0.4 is 5.32 Å². The standard InChI is InChI=1S/C22H20N2O5S/c1-24-10-17(16-7-2-3-8-18(16)24)20-19(21(27)23-22(20)28)13-5-4-6-15(9-13)30(29)12-14(26)11-25/h2-10,14,25-26H,11-12H2,1H3,(H,23,27,28)/t14-,30?/m1/s1. The summed E-state index contributed by atoms with van der Waals surface area (Å²) in [5.41, 5.74) is 2.53. The van der Waals surface area contributed by atoms with Crippen molar-refractivity contribution < 1.29 is 24.4 Å². The van der Waals surface area contributed by atoms with Crippen molar-refractivity contribution in [2.75, 3.05) is 12.4 Å². The van der Waals surface area contributed by atoms with Crippen molar-refractivity contribution in [2.24, 2.45) is 7.05 Å². The van der Waals surface area contributed by atoms with E-state index in [0.717, 1.165) is 10.9 Å². The lowest BCUT2D eigenvalue weighted by molar-refractivity contribution is -0.122. The largest absolute Gasteiger partial charge is 0.611 e. The summed E-state index contributed by atoms with van der Waals surface area (Å²) in [4.78, 5) is 25.8. The summed E-state index contributed by atoms with van der Waals surface area (Å²) >= 11 is -1.57. The van der Waals surface area contributed by atoms with E-state index in [-0.39, 0.29) is 16.9 Å². The number of hydrogen-bond donors (Lipinski definition) is 3. The number of rotatable bonds is 6.